The molecule has 166 valence electrons. The number of para-hydroxylation sites is 1. The van der Waals surface area contributed by atoms with Crippen molar-refractivity contribution in [2.24, 2.45) is 0 Å². The number of fused-ring (bicyclic) bond motifs is 1. The van der Waals surface area contributed by atoms with Crippen molar-refractivity contribution in [3.05, 3.63) is 60.1 Å². The summed E-state index contributed by atoms with van der Waals surface area (Å²) < 4.78 is 51.6. The van der Waals surface area contributed by atoms with Crippen LogP contribution in [0.1, 0.15) is 23.0 Å². The number of hydrogen-bond acceptors (Lipinski definition) is 7. The summed E-state index contributed by atoms with van der Waals surface area (Å²) >= 11 is 1.03. The number of halogens is 3. The summed E-state index contributed by atoms with van der Waals surface area (Å²) in [6.45, 7) is 0.587. The van der Waals surface area contributed by atoms with Gasteiger partial charge in [0.05, 0.1) is 6.61 Å². The zero-order valence-electron chi connectivity index (χ0n) is 16.8. The number of pyridine rings is 1. The first-order valence-corrected chi connectivity index (χ1v) is 10.6. The highest BCUT2D eigenvalue weighted by Crippen LogP contribution is 2.34. The maximum Gasteiger partial charge on any atom is 0.406 e. The van der Waals surface area contributed by atoms with E-state index in [2.05, 4.69) is 15.2 Å². The van der Waals surface area contributed by atoms with Gasteiger partial charge >= 0.3 is 12.1 Å². The minimum atomic E-state index is -4.47. The van der Waals surface area contributed by atoms with Crippen LogP contribution >= 0.6 is 11.8 Å². The van der Waals surface area contributed by atoms with Crippen LogP contribution in [-0.4, -0.2) is 38.5 Å². The lowest BCUT2D eigenvalue weighted by molar-refractivity contribution is -0.141. The van der Waals surface area contributed by atoms with Crippen molar-refractivity contribution in [2.45, 2.75) is 30.6 Å². The van der Waals surface area contributed by atoms with Gasteiger partial charge in [0, 0.05) is 34.7 Å². The third-order valence-electron chi connectivity index (χ3n) is 4.50. The molecule has 1 aromatic carbocycles. The van der Waals surface area contributed by atoms with E-state index in [1.807, 2.05) is 0 Å². The lowest BCUT2D eigenvalue weighted by atomic mass is 10.1. The number of furan rings is 1. The van der Waals surface area contributed by atoms with Crippen molar-refractivity contribution in [3.8, 4) is 11.4 Å². The van der Waals surface area contributed by atoms with Crippen molar-refractivity contribution in [1.82, 2.24) is 19.7 Å². The normalized spacial score (nSPS) is 11.8. The second kappa shape index (κ2) is 9.03. The standard InChI is InChI=1S/C21H17F3N4O3S/c1-2-30-19(29)17-15(14-5-3-4-6-16(14)31-17)11-32-20-27-26-18(13-7-9-25-10-8-13)28(20)12-21(22,23)24/h3-10H,2,11-12H2,1H3. The largest absolute Gasteiger partial charge is 0.460 e. The van der Waals surface area contributed by atoms with Crippen LogP contribution in [0, 0.1) is 0 Å². The number of nitrogens with zero attached hydrogens (tertiary/aromatic N) is 4. The predicted octanol–water partition coefficient (Wildman–Crippen LogP) is 5.12. The molecule has 0 aliphatic rings. The van der Waals surface area contributed by atoms with Crippen molar-refractivity contribution >= 4 is 28.7 Å². The SMILES string of the molecule is CCOC(=O)c1oc2ccccc2c1CSc1nnc(-c2ccncc2)n1CC(F)(F)F. The fourth-order valence-corrected chi connectivity index (χ4v) is 4.14. The Balaban J connectivity index is 1.70. The van der Waals surface area contributed by atoms with Crippen LogP contribution in [0.4, 0.5) is 13.2 Å². The van der Waals surface area contributed by atoms with Crippen LogP contribution in [0.2, 0.25) is 0 Å². The highest BCUT2D eigenvalue weighted by Gasteiger charge is 2.32. The number of rotatable bonds is 7. The molecule has 0 saturated carbocycles. The van der Waals surface area contributed by atoms with E-state index >= 15 is 0 Å². The zero-order valence-corrected chi connectivity index (χ0v) is 17.6. The molecule has 0 N–H and O–H groups in total. The van der Waals surface area contributed by atoms with Crippen molar-refractivity contribution in [3.63, 3.8) is 0 Å². The average molecular weight is 462 g/mol. The molecule has 0 aliphatic heterocycles. The van der Waals surface area contributed by atoms with Crippen molar-refractivity contribution < 1.29 is 27.1 Å². The number of carbonyl (C=O) groups excluding carboxylic acids is 1. The number of ether oxygens (including phenoxy) is 1. The maximum absolute atomic E-state index is 13.3. The summed E-state index contributed by atoms with van der Waals surface area (Å²) in [6.07, 6.45) is -1.53. The van der Waals surface area contributed by atoms with E-state index in [1.54, 1.807) is 43.3 Å². The summed E-state index contributed by atoms with van der Waals surface area (Å²) in [5, 5.41) is 8.69. The Hall–Kier alpha value is -3.34. The minimum Gasteiger partial charge on any atom is -0.460 e. The third-order valence-corrected chi connectivity index (χ3v) is 5.49. The van der Waals surface area contributed by atoms with Gasteiger partial charge in [-0.3, -0.25) is 9.55 Å². The summed E-state index contributed by atoms with van der Waals surface area (Å²) in [4.78, 5) is 16.3. The Bertz CT molecular complexity index is 1240. The van der Waals surface area contributed by atoms with Gasteiger partial charge in [-0.25, -0.2) is 4.79 Å². The Labute approximate surface area is 184 Å². The number of thioether (sulfide) groups is 1. The van der Waals surface area contributed by atoms with Crippen molar-refractivity contribution in [2.75, 3.05) is 6.61 Å². The summed E-state index contributed by atoms with van der Waals surface area (Å²) in [6, 6.07) is 10.2. The van der Waals surface area contributed by atoms with Crippen LogP contribution in [-0.2, 0) is 17.0 Å². The molecule has 0 atom stereocenters. The van der Waals surface area contributed by atoms with Gasteiger partial charge in [-0.1, -0.05) is 30.0 Å². The lowest BCUT2D eigenvalue weighted by Gasteiger charge is -2.12. The molecule has 4 aromatic rings. The number of esters is 1. The Morgan fingerprint density at radius 1 is 1.16 bits per heavy atom. The van der Waals surface area contributed by atoms with Gasteiger partial charge in [-0.05, 0) is 25.1 Å². The van der Waals surface area contributed by atoms with Crippen molar-refractivity contribution in [1.29, 1.82) is 0 Å². The van der Waals surface area contributed by atoms with Gasteiger partial charge in [0.2, 0.25) is 5.76 Å². The molecule has 0 unspecified atom stereocenters. The zero-order chi connectivity index (χ0) is 22.7. The first-order valence-electron chi connectivity index (χ1n) is 9.58. The van der Waals surface area contributed by atoms with Crippen LogP contribution in [0.5, 0.6) is 0 Å². The Morgan fingerprint density at radius 3 is 2.62 bits per heavy atom. The number of carbonyl (C=O) groups is 1. The van der Waals surface area contributed by atoms with Gasteiger partial charge in [-0.2, -0.15) is 13.2 Å². The van der Waals surface area contributed by atoms with Gasteiger partial charge in [-0.15, -0.1) is 10.2 Å². The topological polar surface area (TPSA) is 83.0 Å². The van der Waals surface area contributed by atoms with E-state index in [-0.39, 0.29) is 29.1 Å². The highest BCUT2D eigenvalue weighted by molar-refractivity contribution is 7.98. The molecule has 0 spiro atoms. The Kier molecular flexibility index (Phi) is 6.17. The minimum absolute atomic E-state index is 0.0248. The molecular formula is C21H17F3N4O3S. The van der Waals surface area contributed by atoms with E-state index in [4.69, 9.17) is 9.15 Å². The predicted molar refractivity (Wildman–Crippen MR) is 111 cm³/mol. The van der Waals surface area contributed by atoms with E-state index in [0.29, 0.717) is 22.1 Å². The average Bonchev–Trinajstić information content (AvgIpc) is 3.33. The van der Waals surface area contributed by atoms with E-state index < -0.39 is 18.7 Å². The molecule has 7 nitrogen and oxygen atoms in total. The molecule has 0 aliphatic carbocycles. The molecule has 3 aromatic heterocycles. The van der Waals surface area contributed by atoms with E-state index in [1.165, 1.54) is 12.4 Å². The van der Waals surface area contributed by atoms with Crippen LogP contribution in [0.3, 0.4) is 0 Å². The monoisotopic (exact) mass is 462 g/mol. The second-order valence-corrected chi connectivity index (χ2v) is 7.60. The van der Waals surface area contributed by atoms with Gasteiger partial charge in [0.15, 0.2) is 11.0 Å². The van der Waals surface area contributed by atoms with Crippen LogP contribution in [0.25, 0.3) is 22.4 Å². The molecule has 0 radical (unpaired) electrons. The van der Waals surface area contributed by atoms with Gasteiger partial charge in [0.1, 0.15) is 12.1 Å². The molecule has 0 saturated heterocycles. The fraction of sp³-hybridized carbons (Fsp3) is 0.238. The van der Waals surface area contributed by atoms with E-state index in [9.17, 15) is 18.0 Å². The molecule has 0 amide bonds. The first-order chi connectivity index (χ1) is 15.4. The van der Waals surface area contributed by atoms with Gasteiger partial charge in [0.25, 0.3) is 0 Å². The fourth-order valence-electron chi connectivity index (χ4n) is 3.17. The Morgan fingerprint density at radius 2 is 1.91 bits per heavy atom. The molecule has 0 bridgehead atoms. The molecule has 3 heterocycles. The third kappa shape index (κ3) is 4.62. The number of aromatic nitrogens is 4. The molecular weight excluding hydrogens is 445 g/mol. The highest BCUT2D eigenvalue weighted by atomic mass is 32.2. The quantitative estimate of drug-likeness (QED) is 0.279. The van der Waals surface area contributed by atoms with Gasteiger partial charge < -0.3 is 9.15 Å². The molecule has 0 fully saturated rings. The number of benzene rings is 1. The lowest BCUT2D eigenvalue weighted by Crippen LogP contribution is -2.19. The number of alkyl halides is 3. The summed E-state index contributed by atoms with van der Waals surface area (Å²) in [5.41, 5.74) is 1.47. The summed E-state index contributed by atoms with van der Waals surface area (Å²) in [7, 11) is 0. The van der Waals surface area contributed by atoms with E-state index in [0.717, 1.165) is 16.3 Å². The first kappa shape index (κ1) is 21.9. The van der Waals surface area contributed by atoms with Crippen LogP contribution < -0.4 is 0 Å². The smallest absolute Gasteiger partial charge is 0.406 e. The molecule has 32 heavy (non-hydrogen) atoms. The number of hydrogen-bond donors (Lipinski definition) is 0. The second-order valence-electron chi connectivity index (χ2n) is 6.66. The molecule has 11 heteroatoms. The molecule has 4 rings (SSSR count). The van der Waals surface area contributed by atoms with Crippen LogP contribution in [0.15, 0.2) is 58.4 Å². The maximum atomic E-state index is 13.3. The summed E-state index contributed by atoms with van der Waals surface area (Å²) in [5.74, 6) is -0.391.